The fourth-order valence-corrected chi connectivity index (χ4v) is 5.45. The molecule has 3 saturated heterocycles. The van der Waals surface area contributed by atoms with E-state index in [1.807, 2.05) is 0 Å². The third kappa shape index (κ3) is 2.83. The van der Waals surface area contributed by atoms with E-state index >= 15 is 0 Å². The first kappa shape index (κ1) is 19.6. The number of carbonyl (C=O) groups excluding carboxylic acids is 1. The summed E-state index contributed by atoms with van der Waals surface area (Å²) in [7, 11) is 0. The lowest BCUT2D eigenvalue weighted by atomic mass is 9.89. The van der Waals surface area contributed by atoms with Gasteiger partial charge in [-0.25, -0.2) is 17.7 Å². The van der Waals surface area contributed by atoms with E-state index < -0.39 is 23.3 Å². The number of halogens is 3. The molecule has 3 fully saturated rings. The molecule has 3 aromatic rings. The van der Waals surface area contributed by atoms with Gasteiger partial charge in [0.25, 0.3) is 5.91 Å². The molecule has 0 saturated carbocycles. The fourth-order valence-electron chi connectivity index (χ4n) is 5.45. The summed E-state index contributed by atoms with van der Waals surface area (Å²) >= 11 is 0. The number of fused-ring (bicyclic) bond motifs is 2. The van der Waals surface area contributed by atoms with E-state index in [-0.39, 0.29) is 18.0 Å². The molecule has 6 rings (SSSR count). The molecule has 166 valence electrons. The maximum absolute atomic E-state index is 14.0. The molecule has 1 amide bonds. The van der Waals surface area contributed by atoms with Gasteiger partial charge in [-0.3, -0.25) is 4.79 Å². The highest BCUT2D eigenvalue weighted by atomic mass is 19.1. The van der Waals surface area contributed by atoms with Crippen molar-refractivity contribution in [2.75, 3.05) is 18.0 Å². The zero-order valence-corrected chi connectivity index (χ0v) is 17.2. The molecule has 2 aromatic heterocycles. The number of carbonyl (C=O) groups is 1. The van der Waals surface area contributed by atoms with Crippen LogP contribution in [0.2, 0.25) is 0 Å². The van der Waals surface area contributed by atoms with Crippen LogP contribution in [-0.4, -0.2) is 45.3 Å². The SMILES string of the molecule is O=C1N2[C@@H](CC[C@H]2c2cc(F)cc(F)c2)OC12CCN(c1ccc(F)c3ccnn13)CC2. The van der Waals surface area contributed by atoms with E-state index in [9.17, 15) is 18.0 Å². The molecule has 1 aromatic carbocycles. The second-order valence-electron chi connectivity index (χ2n) is 8.73. The Labute approximate surface area is 182 Å². The number of hydrogen-bond acceptors (Lipinski definition) is 4. The average Bonchev–Trinajstić information content (AvgIpc) is 3.46. The molecule has 3 aliphatic rings. The summed E-state index contributed by atoms with van der Waals surface area (Å²) in [6.07, 6.45) is 3.36. The van der Waals surface area contributed by atoms with E-state index in [0.29, 0.717) is 49.9 Å². The number of anilines is 1. The van der Waals surface area contributed by atoms with Crippen molar-refractivity contribution in [3.8, 4) is 0 Å². The van der Waals surface area contributed by atoms with Gasteiger partial charge in [0.15, 0.2) is 5.60 Å². The van der Waals surface area contributed by atoms with Crippen LogP contribution in [0.3, 0.4) is 0 Å². The van der Waals surface area contributed by atoms with Gasteiger partial charge >= 0.3 is 0 Å². The van der Waals surface area contributed by atoms with Crippen LogP contribution in [0.4, 0.5) is 19.0 Å². The summed E-state index contributed by atoms with van der Waals surface area (Å²) in [6, 6.07) is 7.77. The molecule has 2 atom stereocenters. The standard InChI is InChI=1S/C23H21F3N4O2/c24-15-11-14(12-16(25)13-15)18-2-4-21-29(18)22(31)23(32-21)6-9-28(10-7-23)20-3-1-17(26)19-5-8-27-30(19)20/h1,3,5,8,11-13,18,21H,2,4,6-7,9-10H2/t18-,21+/m0/s1. The molecule has 9 heteroatoms. The molecule has 1 spiro atoms. The molecule has 0 N–H and O–H groups in total. The van der Waals surface area contributed by atoms with Crippen molar-refractivity contribution in [2.24, 2.45) is 0 Å². The predicted octanol–water partition coefficient (Wildman–Crippen LogP) is 3.81. The number of amides is 1. The molecular weight excluding hydrogens is 421 g/mol. The quantitative estimate of drug-likeness (QED) is 0.606. The number of piperidine rings is 1. The maximum Gasteiger partial charge on any atom is 0.257 e. The first-order valence-electron chi connectivity index (χ1n) is 10.8. The number of rotatable bonds is 2. The third-order valence-corrected chi connectivity index (χ3v) is 6.97. The lowest BCUT2D eigenvalue weighted by Crippen LogP contribution is -2.50. The number of nitrogens with zero attached hydrogens (tertiary/aromatic N) is 4. The van der Waals surface area contributed by atoms with E-state index in [2.05, 4.69) is 10.00 Å². The van der Waals surface area contributed by atoms with Crippen molar-refractivity contribution in [3.63, 3.8) is 0 Å². The molecule has 32 heavy (non-hydrogen) atoms. The molecular formula is C23H21F3N4O2. The van der Waals surface area contributed by atoms with Crippen molar-refractivity contribution in [3.05, 3.63) is 65.6 Å². The van der Waals surface area contributed by atoms with Gasteiger partial charge in [0.05, 0.1) is 12.2 Å². The second-order valence-corrected chi connectivity index (χ2v) is 8.73. The largest absolute Gasteiger partial charge is 0.356 e. The van der Waals surface area contributed by atoms with Crippen LogP contribution in [-0.2, 0) is 9.53 Å². The van der Waals surface area contributed by atoms with Crippen LogP contribution in [0.15, 0.2) is 42.6 Å². The number of ether oxygens (including phenoxy) is 1. The number of pyridine rings is 1. The summed E-state index contributed by atoms with van der Waals surface area (Å²) in [5, 5.41) is 4.23. The molecule has 0 bridgehead atoms. The highest BCUT2D eigenvalue weighted by molar-refractivity contribution is 5.88. The highest BCUT2D eigenvalue weighted by Crippen LogP contribution is 2.48. The maximum atomic E-state index is 14.0. The van der Waals surface area contributed by atoms with Gasteiger partial charge in [-0.15, -0.1) is 0 Å². The summed E-state index contributed by atoms with van der Waals surface area (Å²) in [4.78, 5) is 17.3. The molecule has 0 radical (unpaired) electrons. The summed E-state index contributed by atoms with van der Waals surface area (Å²) in [6.45, 7) is 1.10. The van der Waals surface area contributed by atoms with Gasteiger partial charge in [0.1, 0.15) is 35.0 Å². The van der Waals surface area contributed by atoms with Gasteiger partial charge < -0.3 is 14.5 Å². The van der Waals surface area contributed by atoms with Crippen molar-refractivity contribution in [2.45, 2.75) is 43.6 Å². The number of aromatic nitrogens is 2. The lowest BCUT2D eigenvalue weighted by molar-refractivity contribution is -0.140. The van der Waals surface area contributed by atoms with Crippen molar-refractivity contribution >= 4 is 17.2 Å². The fraction of sp³-hybridized carbons (Fsp3) is 0.391. The second kappa shape index (κ2) is 6.96. The summed E-state index contributed by atoms with van der Waals surface area (Å²) in [5.41, 5.74) is -0.0692. The average molecular weight is 442 g/mol. The van der Waals surface area contributed by atoms with Gasteiger partial charge in [0, 0.05) is 32.0 Å². The Balaban J connectivity index is 1.24. The Morgan fingerprint density at radius 3 is 2.50 bits per heavy atom. The Morgan fingerprint density at radius 1 is 1.00 bits per heavy atom. The van der Waals surface area contributed by atoms with Crippen molar-refractivity contribution in [1.29, 1.82) is 0 Å². The molecule has 0 unspecified atom stereocenters. The van der Waals surface area contributed by atoms with Crippen LogP contribution < -0.4 is 4.90 Å². The topological polar surface area (TPSA) is 50.1 Å². The summed E-state index contributed by atoms with van der Waals surface area (Å²) in [5.74, 6) is -0.987. The van der Waals surface area contributed by atoms with Crippen LogP contribution in [0.5, 0.6) is 0 Å². The molecule has 3 aliphatic heterocycles. The zero-order chi connectivity index (χ0) is 22.0. The Morgan fingerprint density at radius 2 is 1.75 bits per heavy atom. The predicted molar refractivity (Wildman–Crippen MR) is 109 cm³/mol. The highest BCUT2D eigenvalue weighted by Gasteiger charge is 2.58. The van der Waals surface area contributed by atoms with Crippen molar-refractivity contribution in [1.82, 2.24) is 14.5 Å². The minimum Gasteiger partial charge on any atom is -0.356 e. The van der Waals surface area contributed by atoms with E-state index in [0.717, 1.165) is 11.9 Å². The monoisotopic (exact) mass is 442 g/mol. The number of benzene rings is 1. The zero-order valence-electron chi connectivity index (χ0n) is 17.2. The Kier molecular flexibility index (Phi) is 4.27. The van der Waals surface area contributed by atoms with Gasteiger partial charge in [-0.05, 0) is 48.7 Å². The molecule has 0 aliphatic carbocycles. The van der Waals surface area contributed by atoms with Crippen LogP contribution >= 0.6 is 0 Å². The van der Waals surface area contributed by atoms with Gasteiger partial charge in [0.2, 0.25) is 0 Å². The van der Waals surface area contributed by atoms with Gasteiger partial charge in [-0.2, -0.15) is 5.10 Å². The van der Waals surface area contributed by atoms with E-state index in [1.54, 1.807) is 27.7 Å². The molecule has 6 nitrogen and oxygen atoms in total. The minimum atomic E-state index is -0.936. The molecule has 5 heterocycles. The van der Waals surface area contributed by atoms with Gasteiger partial charge in [-0.1, -0.05) is 0 Å². The van der Waals surface area contributed by atoms with Crippen molar-refractivity contribution < 1.29 is 22.7 Å². The van der Waals surface area contributed by atoms with Crippen LogP contribution in [0, 0.1) is 17.5 Å². The minimum absolute atomic E-state index is 0.113. The van der Waals surface area contributed by atoms with Crippen LogP contribution in [0.1, 0.15) is 37.3 Å². The first-order chi connectivity index (χ1) is 15.4. The number of hydrogen-bond donors (Lipinski definition) is 0. The Bertz CT molecular complexity index is 1200. The summed E-state index contributed by atoms with van der Waals surface area (Å²) < 4.78 is 49.4. The normalized spacial score (nSPS) is 24.7. The van der Waals surface area contributed by atoms with Crippen LogP contribution in [0.25, 0.3) is 5.52 Å². The third-order valence-electron chi connectivity index (χ3n) is 6.97. The van der Waals surface area contributed by atoms with E-state index in [4.69, 9.17) is 4.74 Å². The van der Waals surface area contributed by atoms with E-state index in [1.165, 1.54) is 18.2 Å². The first-order valence-corrected chi connectivity index (χ1v) is 10.8. The Hall–Kier alpha value is -3.07. The lowest BCUT2D eigenvalue weighted by Gasteiger charge is -2.38. The smallest absolute Gasteiger partial charge is 0.257 e.